The lowest BCUT2D eigenvalue weighted by molar-refractivity contribution is 0.245. The van der Waals surface area contributed by atoms with Crippen LogP contribution in [0.2, 0.25) is 0 Å². The number of aromatic nitrogens is 6. The van der Waals surface area contributed by atoms with Crippen molar-refractivity contribution in [2.75, 3.05) is 7.05 Å². The smallest absolute Gasteiger partial charge is 0.233 e. The molecule has 0 amide bonds. The third-order valence-electron chi connectivity index (χ3n) is 5.70. The second-order valence-corrected chi connectivity index (χ2v) is 7.34. The van der Waals surface area contributed by atoms with E-state index in [2.05, 4.69) is 20.3 Å². The number of nitrogens with two attached hydrogens (primary N) is 1. The van der Waals surface area contributed by atoms with Crippen LogP contribution in [-0.4, -0.2) is 42.1 Å². The summed E-state index contributed by atoms with van der Waals surface area (Å²) in [6, 6.07) is 2.57. The Labute approximate surface area is 156 Å². The number of hydrogen-bond donors (Lipinski definition) is 2. The largest absolute Gasteiger partial charge is 0.319 e. The van der Waals surface area contributed by atoms with Crippen LogP contribution in [0.4, 0.5) is 0 Å². The number of rotatable bonds is 3. The van der Waals surface area contributed by atoms with E-state index in [1.54, 1.807) is 6.20 Å². The van der Waals surface area contributed by atoms with Gasteiger partial charge in [0, 0.05) is 48.2 Å². The molecule has 0 radical (unpaired) electrons. The van der Waals surface area contributed by atoms with Crippen LogP contribution in [-0.2, 0) is 5.54 Å². The first-order chi connectivity index (χ1) is 13.2. The zero-order valence-electron chi connectivity index (χ0n) is 15.2. The monoisotopic (exact) mass is 362 g/mol. The summed E-state index contributed by atoms with van der Waals surface area (Å²) in [6.07, 6.45) is 15.2. The van der Waals surface area contributed by atoms with Gasteiger partial charge in [-0.3, -0.25) is 4.40 Å². The van der Waals surface area contributed by atoms with Crippen molar-refractivity contribution in [1.29, 1.82) is 0 Å². The number of hydrogen-bond acceptors (Lipinski definition) is 6. The molecule has 4 aromatic rings. The second-order valence-electron chi connectivity index (χ2n) is 7.34. The maximum Gasteiger partial charge on any atom is 0.233 e. The number of imidazole rings is 1. The predicted octanol–water partition coefficient (Wildman–Crippen LogP) is 1.75. The zero-order valence-corrected chi connectivity index (χ0v) is 15.2. The Morgan fingerprint density at radius 1 is 1.15 bits per heavy atom. The van der Waals surface area contributed by atoms with E-state index in [4.69, 9.17) is 10.8 Å². The van der Waals surface area contributed by atoms with Crippen molar-refractivity contribution in [1.82, 2.24) is 34.3 Å². The lowest BCUT2D eigenvalue weighted by atomic mass is 9.79. The van der Waals surface area contributed by atoms with E-state index in [0.29, 0.717) is 11.8 Å². The molecule has 0 aromatic carbocycles. The number of nitrogens with zero attached hydrogens (tertiary/aromatic N) is 6. The summed E-state index contributed by atoms with van der Waals surface area (Å²) >= 11 is 0. The van der Waals surface area contributed by atoms with Crippen LogP contribution >= 0.6 is 0 Å². The molecule has 27 heavy (non-hydrogen) atoms. The Morgan fingerprint density at radius 2 is 2.00 bits per heavy atom. The Balaban J connectivity index is 1.51. The number of nitrogens with one attached hydrogen (secondary N) is 1. The minimum atomic E-state index is -0.455. The topological polar surface area (TPSA) is 98.4 Å². The molecule has 1 aliphatic rings. The summed E-state index contributed by atoms with van der Waals surface area (Å²) in [4.78, 5) is 13.2. The van der Waals surface area contributed by atoms with Gasteiger partial charge >= 0.3 is 0 Å². The minimum Gasteiger partial charge on any atom is -0.319 e. The van der Waals surface area contributed by atoms with E-state index >= 15 is 0 Å². The average Bonchev–Trinajstić information content (AvgIpc) is 3.34. The third kappa shape index (κ3) is 2.68. The third-order valence-corrected chi connectivity index (χ3v) is 5.70. The quantitative estimate of drug-likeness (QED) is 0.576. The molecule has 0 unspecified atom stereocenters. The van der Waals surface area contributed by atoms with Gasteiger partial charge in [-0.15, -0.1) is 0 Å². The molecule has 138 valence electrons. The molecular formula is C19H22N8. The molecule has 0 spiro atoms. The van der Waals surface area contributed by atoms with Gasteiger partial charge in [0.15, 0.2) is 5.82 Å². The molecule has 1 saturated carbocycles. The zero-order chi connectivity index (χ0) is 18.4. The SMILES string of the molecule is CNC1CCC(N)(c2ncc3c(-c4cnc5nccn5c4)ccn3n2)CC1. The average molecular weight is 362 g/mol. The molecule has 0 atom stereocenters. The molecule has 8 nitrogen and oxygen atoms in total. The minimum absolute atomic E-state index is 0.455. The highest BCUT2D eigenvalue weighted by Crippen LogP contribution is 2.33. The summed E-state index contributed by atoms with van der Waals surface area (Å²) in [7, 11) is 2.01. The van der Waals surface area contributed by atoms with Gasteiger partial charge in [0.1, 0.15) is 0 Å². The summed E-state index contributed by atoms with van der Waals surface area (Å²) in [5.74, 6) is 1.40. The van der Waals surface area contributed by atoms with Crippen molar-refractivity contribution < 1.29 is 0 Å². The van der Waals surface area contributed by atoms with Gasteiger partial charge < -0.3 is 11.1 Å². The van der Waals surface area contributed by atoms with Gasteiger partial charge in [0.25, 0.3) is 0 Å². The number of fused-ring (bicyclic) bond motifs is 2. The van der Waals surface area contributed by atoms with E-state index in [0.717, 1.165) is 48.2 Å². The van der Waals surface area contributed by atoms with Crippen LogP contribution in [0.15, 0.2) is 43.2 Å². The maximum absolute atomic E-state index is 6.67. The van der Waals surface area contributed by atoms with Gasteiger partial charge in [-0.2, -0.15) is 5.10 Å². The summed E-state index contributed by atoms with van der Waals surface area (Å²) < 4.78 is 3.78. The van der Waals surface area contributed by atoms with Crippen LogP contribution in [0.25, 0.3) is 22.4 Å². The van der Waals surface area contributed by atoms with Gasteiger partial charge in [-0.1, -0.05) is 0 Å². The molecule has 4 heterocycles. The molecule has 4 aromatic heterocycles. The fourth-order valence-corrected chi connectivity index (χ4v) is 3.97. The fraction of sp³-hybridized carbons (Fsp3) is 0.368. The molecule has 1 fully saturated rings. The van der Waals surface area contributed by atoms with E-state index in [-0.39, 0.29) is 0 Å². The normalized spacial score (nSPS) is 23.3. The van der Waals surface area contributed by atoms with Crippen molar-refractivity contribution in [3.05, 3.63) is 49.1 Å². The van der Waals surface area contributed by atoms with Gasteiger partial charge in [-0.25, -0.2) is 19.5 Å². The van der Waals surface area contributed by atoms with Crippen LogP contribution in [0.3, 0.4) is 0 Å². The molecule has 0 saturated heterocycles. The van der Waals surface area contributed by atoms with E-state index in [1.165, 1.54) is 0 Å². The highest BCUT2D eigenvalue weighted by Gasteiger charge is 2.35. The van der Waals surface area contributed by atoms with Gasteiger partial charge in [0.2, 0.25) is 5.78 Å². The van der Waals surface area contributed by atoms with Gasteiger partial charge in [-0.05, 0) is 38.8 Å². The van der Waals surface area contributed by atoms with Crippen molar-refractivity contribution in [3.63, 3.8) is 0 Å². The summed E-state index contributed by atoms with van der Waals surface area (Å²) in [5.41, 5.74) is 9.19. The fourth-order valence-electron chi connectivity index (χ4n) is 3.97. The molecular weight excluding hydrogens is 340 g/mol. The molecule has 3 N–H and O–H groups in total. The lowest BCUT2D eigenvalue weighted by Gasteiger charge is -2.35. The van der Waals surface area contributed by atoms with Gasteiger partial charge in [0.05, 0.1) is 17.3 Å². The van der Waals surface area contributed by atoms with Crippen molar-refractivity contribution in [2.24, 2.45) is 5.73 Å². The van der Waals surface area contributed by atoms with Crippen LogP contribution in [0.5, 0.6) is 0 Å². The molecule has 0 aliphatic heterocycles. The van der Waals surface area contributed by atoms with Crippen LogP contribution in [0, 0.1) is 0 Å². The Kier molecular flexibility index (Phi) is 3.70. The van der Waals surface area contributed by atoms with Crippen LogP contribution in [0.1, 0.15) is 31.5 Å². The van der Waals surface area contributed by atoms with Crippen molar-refractivity contribution >= 4 is 11.3 Å². The molecule has 0 bridgehead atoms. The lowest BCUT2D eigenvalue weighted by Crippen LogP contribution is -2.45. The maximum atomic E-state index is 6.67. The standard InChI is InChI=1S/C19H22N8/c1-21-14-2-5-19(20,6-3-14)17-23-11-16-15(4-8-27(16)25-17)13-10-24-18-22-7-9-26(18)12-13/h4,7-12,14,21H,2-3,5-6,20H2,1H3. The predicted molar refractivity (Wildman–Crippen MR) is 102 cm³/mol. The summed E-state index contributed by atoms with van der Waals surface area (Å²) in [5, 5.41) is 8.08. The second kappa shape index (κ2) is 6.11. The first-order valence-electron chi connectivity index (χ1n) is 9.26. The van der Waals surface area contributed by atoms with Crippen molar-refractivity contribution in [3.8, 4) is 11.1 Å². The van der Waals surface area contributed by atoms with Crippen LogP contribution < -0.4 is 11.1 Å². The van der Waals surface area contributed by atoms with E-state index < -0.39 is 5.54 Å². The highest BCUT2D eigenvalue weighted by molar-refractivity contribution is 5.79. The first-order valence-corrected chi connectivity index (χ1v) is 9.26. The van der Waals surface area contributed by atoms with E-state index in [1.807, 2.05) is 53.0 Å². The van der Waals surface area contributed by atoms with Crippen molar-refractivity contribution in [2.45, 2.75) is 37.3 Å². The molecule has 8 heteroatoms. The Bertz CT molecular complexity index is 1100. The summed E-state index contributed by atoms with van der Waals surface area (Å²) in [6.45, 7) is 0. The Morgan fingerprint density at radius 3 is 2.81 bits per heavy atom. The highest BCUT2D eigenvalue weighted by atomic mass is 15.3. The first kappa shape index (κ1) is 16.3. The Hall–Kier alpha value is -2.84. The molecule has 5 rings (SSSR count). The molecule has 1 aliphatic carbocycles. The van der Waals surface area contributed by atoms with E-state index in [9.17, 15) is 0 Å².